The van der Waals surface area contributed by atoms with Crippen LogP contribution in [0, 0.1) is 10.8 Å². The number of halogens is 2. The minimum absolute atomic E-state index is 0. The SMILES string of the molecule is CC12CN(Cc3ccccc3)CC(C)(CN(Cc3ccccc3Br)C1)C2.Cl. The fourth-order valence-electron chi connectivity index (χ4n) is 5.56. The van der Waals surface area contributed by atoms with Gasteiger partial charge in [-0.1, -0.05) is 78.3 Å². The summed E-state index contributed by atoms with van der Waals surface area (Å²) >= 11 is 3.72. The molecule has 0 spiro atoms. The molecule has 4 heteroatoms. The van der Waals surface area contributed by atoms with Gasteiger partial charge in [-0.15, -0.1) is 12.4 Å². The van der Waals surface area contributed by atoms with Crippen LogP contribution in [0.2, 0.25) is 0 Å². The van der Waals surface area contributed by atoms with Gasteiger partial charge < -0.3 is 0 Å². The van der Waals surface area contributed by atoms with E-state index in [1.54, 1.807) is 0 Å². The zero-order valence-corrected chi connectivity index (χ0v) is 18.7. The number of likely N-dealkylation sites (tertiary alicyclic amines) is 2. The molecule has 0 aliphatic carbocycles. The molecule has 2 saturated heterocycles. The van der Waals surface area contributed by atoms with E-state index in [4.69, 9.17) is 0 Å². The lowest BCUT2D eigenvalue weighted by atomic mass is 9.65. The summed E-state index contributed by atoms with van der Waals surface area (Å²) in [6.07, 6.45) is 1.34. The van der Waals surface area contributed by atoms with Crippen molar-refractivity contribution in [2.45, 2.75) is 33.4 Å². The number of fused-ring (bicyclic) bond motifs is 2. The number of hydrogen-bond donors (Lipinski definition) is 0. The molecule has 27 heavy (non-hydrogen) atoms. The lowest BCUT2D eigenvalue weighted by Gasteiger charge is -2.57. The van der Waals surface area contributed by atoms with Gasteiger partial charge in [0.2, 0.25) is 0 Å². The van der Waals surface area contributed by atoms with E-state index in [0.717, 1.165) is 13.1 Å². The van der Waals surface area contributed by atoms with Crippen LogP contribution in [0.5, 0.6) is 0 Å². The fourth-order valence-corrected chi connectivity index (χ4v) is 5.97. The average Bonchev–Trinajstić information content (AvgIpc) is 2.55. The molecule has 0 amide bonds. The van der Waals surface area contributed by atoms with Crippen LogP contribution in [-0.2, 0) is 13.1 Å². The molecule has 0 saturated carbocycles. The molecule has 0 radical (unpaired) electrons. The number of rotatable bonds is 4. The van der Waals surface area contributed by atoms with Gasteiger partial charge in [-0.25, -0.2) is 0 Å². The molecule has 146 valence electrons. The van der Waals surface area contributed by atoms with Crippen LogP contribution >= 0.6 is 28.3 Å². The monoisotopic (exact) mass is 448 g/mol. The van der Waals surface area contributed by atoms with Gasteiger partial charge in [0.1, 0.15) is 0 Å². The molecule has 2 aromatic rings. The second kappa shape index (κ2) is 8.24. The highest BCUT2D eigenvalue weighted by Gasteiger charge is 2.48. The van der Waals surface area contributed by atoms with Gasteiger partial charge in [-0.3, -0.25) is 9.80 Å². The van der Waals surface area contributed by atoms with Crippen LogP contribution in [0.1, 0.15) is 31.4 Å². The maximum absolute atomic E-state index is 3.72. The van der Waals surface area contributed by atoms with Crippen LogP contribution in [0.15, 0.2) is 59.1 Å². The first-order valence-corrected chi connectivity index (χ1v) is 10.4. The van der Waals surface area contributed by atoms with E-state index in [2.05, 4.69) is 94.2 Å². The highest BCUT2D eigenvalue weighted by Crippen LogP contribution is 2.46. The summed E-state index contributed by atoms with van der Waals surface area (Å²) < 4.78 is 1.23. The van der Waals surface area contributed by atoms with Crippen LogP contribution in [0.4, 0.5) is 0 Å². The lowest BCUT2D eigenvalue weighted by Crippen LogP contribution is -2.61. The summed E-state index contributed by atoms with van der Waals surface area (Å²) in [4.78, 5) is 5.37. The Labute approximate surface area is 178 Å². The molecule has 0 aromatic heterocycles. The number of nitrogens with zero attached hydrogens (tertiary/aromatic N) is 2. The van der Waals surface area contributed by atoms with E-state index >= 15 is 0 Å². The third kappa shape index (κ3) is 4.95. The van der Waals surface area contributed by atoms with Crippen molar-refractivity contribution in [1.29, 1.82) is 0 Å². The van der Waals surface area contributed by atoms with E-state index in [9.17, 15) is 0 Å². The van der Waals surface area contributed by atoms with Crippen LogP contribution in [0.25, 0.3) is 0 Å². The number of piperidine rings is 2. The minimum Gasteiger partial charge on any atom is -0.298 e. The van der Waals surface area contributed by atoms with Crippen molar-refractivity contribution in [2.24, 2.45) is 10.8 Å². The molecule has 2 nitrogen and oxygen atoms in total. The molecule has 4 rings (SSSR count). The van der Waals surface area contributed by atoms with Crippen molar-refractivity contribution < 1.29 is 0 Å². The summed E-state index contributed by atoms with van der Waals surface area (Å²) in [5.74, 6) is 0. The van der Waals surface area contributed by atoms with Gasteiger partial charge >= 0.3 is 0 Å². The first-order chi connectivity index (χ1) is 12.4. The van der Waals surface area contributed by atoms with Gasteiger partial charge in [0.25, 0.3) is 0 Å². The van der Waals surface area contributed by atoms with Crippen molar-refractivity contribution >= 4 is 28.3 Å². The molecule has 2 aliphatic rings. The maximum atomic E-state index is 3.72. The molecule has 2 aromatic carbocycles. The van der Waals surface area contributed by atoms with Crippen LogP contribution < -0.4 is 0 Å². The van der Waals surface area contributed by atoms with Gasteiger partial charge in [0, 0.05) is 43.7 Å². The van der Waals surface area contributed by atoms with E-state index in [1.165, 1.54) is 48.2 Å². The zero-order valence-electron chi connectivity index (χ0n) is 16.3. The first-order valence-electron chi connectivity index (χ1n) is 9.65. The second-order valence-corrected chi connectivity index (χ2v) is 10.0. The van der Waals surface area contributed by atoms with Gasteiger partial charge in [0.05, 0.1) is 0 Å². The van der Waals surface area contributed by atoms with E-state index < -0.39 is 0 Å². The smallest absolute Gasteiger partial charge is 0.0245 e. The van der Waals surface area contributed by atoms with E-state index in [1.807, 2.05) is 0 Å². The summed E-state index contributed by atoms with van der Waals surface area (Å²) in [6.45, 7) is 11.9. The summed E-state index contributed by atoms with van der Waals surface area (Å²) in [6, 6.07) is 19.6. The molecular formula is C23H30BrClN2. The van der Waals surface area contributed by atoms with Gasteiger partial charge in [-0.05, 0) is 34.4 Å². The maximum Gasteiger partial charge on any atom is 0.0245 e. The van der Waals surface area contributed by atoms with Crippen molar-refractivity contribution in [3.8, 4) is 0 Å². The predicted octanol–water partition coefficient (Wildman–Crippen LogP) is 5.61. The lowest BCUT2D eigenvalue weighted by molar-refractivity contribution is -0.0791. The summed E-state index contributed by atoms with van der Waals surface area (Å²) in [5, 5.41) is 0. The normalized spacial score (nSPS) is 28.6. The number of hydrogen-bond acceptors (Lipinski definition) is 2. The standard InChI is InChI=1S/C23H29BrN2.ClH/c1-22-14-23(2,16-25(15-22)12-19-8-4-3-5-9-19)18-26(17-22)13-20-10-6-7-11-21(20)24;/h3-11H,12-18H2,1-2H3;1H. The molecule has 0 N–H and O–H groups in total. The van der Waals surface area contributed by atoms with Gasteiger partial charge in [-0.2, -0.15) is 0 Å². The Morgan fingerprint density at radius 3 is 1.89 bits per heavy atom. The second-order valence-electron chi connectivity index (χ2n) is 9.17. The van der Waals surface area contributed by atoms with Crippen molar-refractivity contribution in [3.05, 3.63) is 70.2 Å². The van der Waals surface area contributed by atoms with Crippen LogP contribution in [-0.4, -0.2) is 36.0 Å². The minimum atomic E-state index is 0. The molecule has 2 heterocycles. The van der Waals surface area contributed by atoms with E-state index in [0.29, 0.717) is 10.8 Å². The third-order valence-electron chi connectivity index (χ3n) is 5.88. The Morgan fingerprint density at radius 1 is 0.778 bits per heavy atom. The zero-order chi connectivity index (χ0) is 18.2. The predicted molar refractivity (Wildman–Crippen MR) is 119 cm³/mol. The van der Waals surface area contributed by atoms with Gasteiger partial charge in [0.15, 0.2) is 0 Å². The Bertz CT molecular complexity index is 748. The fraction of sp³-hybridized carbons (Fsp3) is 0.478. The largest absolute Gasteiger partial charge is 0.298 e. The van der Waals surface area contributed by atoms with Crippen molar-refractivity contribution in [3.63, 3.8) is 0 Å². The molecular weight excluding hydrogens is 420 g/mol. The highest BCUT2D eigenvalue weighted by molar-refractivity contribution is 9.10. The number of benzene rings is 2. The van der Waals surface area contributed by atoms with E-state index in [-0.39, 0.29) is 12.4 Å². The molecule has 2 fully saturated rings. The Kier molecular flexibility index (Phi) is 6.37. The molecule has 2 aliphatic heterocycles. The molecule has 2 atom stereocenters. The van der Waals surface area contributed by atoms with Crippen molar-refractivity contribution in [2.75, 3.05) is 26.2 Å². The Balaban J connectivity index is 0.00000210. The van der Waals surface area contributed by atoms with Crippen molar-refractivity contribution in [1.82, 2.24) is 9.80 Å². The third-order valence-corrected chi connectivity index (χ3v) is 6.65. The highest BCUT2D eigenvalue weighted by atomic mass is 79.9. The Hall–Kier alpha value is -0.870. The summed E-state index contributed by atoms with van der Waals surface area (Å²) in [5.41, 5.74) is 3.59. The Morgan fingerprint density at radius 2 is 1.30 bits per heavy atom. The first kappa shape index (κ1) is 20.9. The average molecular weight is 450 g/mol. The molecule has 2 unspecified atom stereocenters. The molecule has 2 bridgehead atoms. The topological polar surface area (TPSA) is 6.48 Å². The quantitative estimate of drug-likeness (QED) is 0.599. The van der Waals surface area contributed by atoms with Crippen LogP contribution in [0.3, 0.4) is 0 Å². The summed E-state index contributed by atoms with van der Waals surface area (Å²) in [7, 11) is 0.